The second kappa shape index (κ2) is 11.0. The molecule has 4 aromatic rings. The second-order valence-electron chi connectivity index (χ2n) is 9.65. The molecule has 1 fully saturated rings. The van der Waals surface area contributed by atoms with E-state index in [1.807, 2.05) is 29.2 Å². The normalized spacial score (nSPS) is 19.7. The molecule has 0 bridgehead atoms. The fourth-order valence-corrected chi connectivity index (χ4v) is 6.15. The molecule has 2 aromatic heterocycles. The Morgan fingerprint density at radius 1 is 0.878 bits per heavy atom. The van der Waals surface area contributed by atoms with Crippen LogP contribution < -0.4 is 15.5 Å². The number of nitrogens with one attached hydrogen (secondary N) is 2. The molecule has 41 heavy (non-hydrogen) atoms. The SMILES string of the molecule is O=C(NC1=NC2(c3cccc(NC(=O)c4ccc(F)cn4)c3)CN(c3ncc(F)cn3)C[C@H]2CS1)c1ccccc1. The first-order valence-electron chi connectivity index (χ1n) is 12.7. The Morgan fingerprint density at radius 3 is 2.41 bits per heavy atom. The molecule has 4 heterocycles. The number of carbonyl (C=O) groups excluding carboxylic acids is 2. The quantitative estimate of drug-likeness (QED) is 0.368. The van der Waals surface area contributed by atoms with E-state index in [4.69, 9.17) is 4.99 Å². The van der Waals surface area contributed by atoms with Crippen LogP contribution in [0, 0.1) is 17.6 Å². The first-order valence-corrected chi connectivity index (χ1v) is 13.7. The van der Waals surface area contributed by atoms with Gasteiger partial charge in [-0.2, -0.15) is 0 Å². The van der Waals surface area contributed by atoms with Crippen molar-refractivity contribution >= 4 is 40.4 Å². The van der Waals surface area contributed by atoms with Gasteiger partial charge in [0.1, 0.15) is 17.1 Å². The largest absolute Gasteiger partial charge is 0.338 e. The average molecular weight is 572 g/mol. The average Bonchev–Trinajstić information content (AvgIpc) is 3.39. The number of hydrogen-bond donors (Lipinski definition) is 2. The highest BCUT2D eigenvalue weighted by Gasteiger charge is 2.51. The van der Waals surface area contributed by atoms with Gasteiger partial charge in [0.15, 0.2) is 11.0 Å². The Balaban J connectivity index is 1.34. The van der Waals surface area contributed by atoms with E-state index >= 15 is 0 Å². The molecule has 2 atom stereocenters. The molecule has 0 spiro atoms. The van der Waals surface area contributed by atoms with E-state index in [9.17, 15) is 18.4 Å². The van der Waals surface area contributed by atoms with E-state index in [0.717, 1.165) is 24.2 Å². The number of hydrogen-bond acceptors (Lipinski definition) is 8. The molecule has 1 saturated heterocycles. The number of rotatable bonds is 5. The number of nitrogens with zero attached hydrogens (tertiary/aromatic N) is 5. The number of benzene rings is 2. The van der Waals surface area contributed by atoms with Crippen molar-refractivity contribution in [3.05, 3.63) is 114 Å². The van der Waals surface area contributed by atoms with Crippen molar-refractivity contribution in [2.45, 2.75) is 5.54 Å². The third-order valence-electron chi connectivity index (χ3n) is 7.00. The Bertz CT molecular complexity index is 1620. The number of amides is 2. The van der Waals surface area contributed by atoms with Gasteiger partial charge in [0.05, 0.1) is 25.1 Å². The lowest BCUT2D eigenvalue weighted by molar-refractivity contribution is 0.0976. The van der Waals surface area contributed by atoms with Gasteiger partial charge in [-0.1, -0.05) is 42.1 Å². The summed E-state index contributed by atoms with van der Waals surface area (Å²) in [5.74, 6) is -0.809. The summed E-state index contributed by atoms with van der Waals surface area (Å²) in [5.41, 5.74) is 1.08. The van der Waals surface area contributed by atoms with E-state index < -0.39 is 23.1 Å². The summed E-state index contributed by atoms with van der Waals surface area (Å²) >= 11 is 1.45. The van der Waals surface area contributed by atoms with Crippen LogP contribution in [-0.2, 0) is 5.54 Å². The zero-order valence-corrected chi connectivity index (χ0v) is 22.3. The van der Waals surface area contributed by atoms with E-state index in [2.05, 4.69) is 25.6 Å². The monoisotopic (exact) mass is 571 g/mol. The van der Waals surface area contributed by atoms with E-state index in [-0.39, 0.29) is 17.5 Å². The van der Waals surface area contributed by atoms with Crippen LogP contribution in [0.15, 0.2) is 90.3 Å². The summed E-state index contributed by atoms with van der Waals surface area (Å²) in [5, 5.41) is 6.24. The Kier molecular flexibility index (Phi) is 7.14. The van der Waals surface area contributed by atoms with Gasteiger partial charge in [-0.15, -0.1) is 0 Å². The van der Waals surface area contributed by atoms with E-state index in [0.29, 0.717) is 41.2 Å². The smallest absolute Gasteiger partial charge is 0.274 e. The van der Waals surface area contributed by atoms with Crippen LogP contribution in [0.2, 0.25) is 0 Å². The van der Waals surface area contributed by atoms with Crippen molar-refractivity contribution in [2.75, 3.05) is 29.1 Å². The lowest BCUT2D eigenvalue weighted by Gasteiger charge is -2.35. The number of aromatic nitrogens is 3. The summed E-state index contributed by atoms with van der Waals surface area (Å²) in [6.07, 6.45) is 3.24. The van der Waals surface area contributed by atoms with E-state index in [1.54, 1.807) is 30.3 Å². The van der Waals surface area contributed by atoms with Gasteiger partial charge in [0.25, 0.3) is 11.8 Å². The predicted octanol–water partition coefficient (Wildman–Crippen LogP) is 4.27. The minimum absolute atomic E-state index is 0.0109. The van der Waals surface area contributed by atoms with Crippen molar-refractivity contribution in [3.8, 4) is 0 Å². The first-order chi connectivity index (χ1) is 19.9. The summed E-state index contributed by atoms with van der Waals surface area (Å²) in [4.78, 5) is 45.0. The minimum atomic E-state index is -0.822. The lowest BCUT2D eigenvalue weighted by Crippen LogP contribution is -2.42. The molecule has 0 aliphatic carbocycles. The Morgan fingerprint density at radius 2 is 1.66 bits per heavy atom. The zero-order chi connectivity index (χ0) is 28.4. The summed E-state index contributed by atoms with van der Waals surface area (Å²) in [7, 11) is 0. The van der Waals surface area contributed by atoms with Gasteiger partial charge >= 0.3 is 0 Å². The Hall–Kier alpha value is -4.71. The van der Waals surface area contributed by atoms with Crippen LogP contribution in [0.25, 0.3) is 0 Å². The number of carbonyl (C=O) groups is 2. The molecular weight excluding hydrogens is 548 g/mol. The van der Waals surface area contributed by atoms with Crippen LogP contribution in [0.3, 0.4) is 0 Å². The molecule has 12 heteroatoms. The van der Waals surface area contributed by atoms with Gasteiger partial charge < -0.3 is 15.5 Å². The molecule has 206 valence electrons. The van der Waals surface area contributed by atoms with Gasteiger partial charge in [0.2, 0.25) is 5.95 Å². The molecule has 2 aliphatic rings. The summed E-state index contributed by atoms with van der Waals surface area (Å²) < 4.78 is 26.8. The van der Waals surface area contributed by atoms with Crippen molar-refractivity contribution < 1.29 is 18.4 Å². The number of aliphatic imine (C=N–C) groups is 1. The first kappa shape index (κ1) is 26.5. The van der Waals surface area contributed by atoms with Gasteiger partial charge in [0, 0.05) is 29.5 Å². The minimum Gasteiger partial charge on any atom is -0.338 e. The number of fused-ring (bicyclic) bond motifs is 1. The molecule has 0 radical (unpaired) electrons. The molecule has 2 N–H and O–H groups in total. The summed E-state index contributed by atoms with van der Waals surface area (Å²) in [6, 6.07) is 18.7. The van der Waals surface area contributed by atoms with Gasteiger partial charge in [-0.3, -0.25) is 9.59 Å². The molecule has 2 aliphatic heterocycles. The molecule has 2 aromatic carbocycles. The van der Waals surface area contributed by atoms with Gasteiger partial charge in [-0.05, 0) is 42.0 Å². The van der Waals surface area contributed by atoms with Crippen LogP contribution in [-0.4, -0.2) is 50.8 Å². The highest BCUT2D eigenvalue weighted by molar-refractivity contribution is 8.13. The van der Waals surface area contributed by atoms with Crippen LogP contribution in [0.4, 0.5) is 20.4 Å². The van der Waals surface area contributed by atoms with Crippen LogP contribution >= 0.6 is 11.8 Å². The van der Waals surface area contributed by atoms with Crippen LogP contribution in [0.5, 0.6) is 0 Å². The predicted molar refractivity (Wildman–Crippen MR) is 152 cm³/mol. The fourth-order valence-electron chi connectivity index (χ4n) is 5.02. The molecule has 9 nitrogen and oxygen atoms in total. The molecule has 6 rings (SSSR count). The molecule has 2 amide bonds. The molecule has 0 saturated carbocycles. The third-order valence-corrected chi connectivity index (χ3v) is 8.03. The maximum atomic E-state index is 13.5. The number of amidine groups is 1. The van der Waals surface area contributed by atoms with Crippen molar-refractivity contribution in [3.63, 3.8) is 0 Å². The number of halogens is 2. The Labute approximate surface area is 238 Å². The number of pyridine rings is 1. The van der Waals surface area contributed by atoms with Crippen molar-refractivity contribution in [1.29, 1.82) is 0 Å². The number of thioether (sulfide) groups is 1. The highest BCUT2D eigenvalue weighted by atomic mass is 32.2. The highest BCUT2D eigenvalue weighted by Crippen LogP contribution is 2.46. The number of anilines is 2. The van der Waals surface area contributed by atoms with Crippen LogP contribution in [0.1, 0.15) is 26.4 Å². The van der Waals surface area contributed by atoms with E-state index in [1.165, 1.54) is 23.9 Å². The van der Waals surface area contributed by atoms with Crippen molar-refractivity contribution in [2.24, 2.45) is 10.9 Å². The third kappa shape index (κ3) is 5.50. The molecular formula is C29H23F2N7O2S. The van der Waals surface area contributed by atoms with Gasteiger partial charge in [-0.25, -0.2) is 28.7 Å². The standard InChI is InChI=1S/C29H23F2N7O2S/c30-21-9-10-24(32-12-21)26(40)35-23-8-4-7-19(11-23)29-17-38(27-33-13-22(31)14-34-27)15-20(29)16-41-28(37-29)36-25(39)18-5-2-1-3-6-18/h1-14,20H,15-17H2,(H,35,40)(H,36,37,39)/t20-,29?/m0/s1. The lowest BCUT2D eigenvalue weighted by atomic mass is 9.81. The van der Waals surface area contributed by atoms with Crippen molar-refractivity contribution in [1.82, 2.24) is 20.3 Å². The fraction of sp³-hybridized carbons (Fsp3) is 0.172. The molecule has 1 unspecified atom stereocenters. The maximum absolute atomic E-state index is 13.5. The zero-order valence-electron chi connectivity index (χ0n) is 21.5. The second-order valence-corrected chi connectivity index (χ2v) is 10.7. The summed E-state index contributed by atoms with van der Waals surface area (Å²) in [6.45, 7) is 0.920. The topological polar surface area (TPSA) is 112 Å². The maximum Gasteiger partial charge on any atom is 0.274 e.